The molecule has 1 N–H and O–H groups in total. The highest BCUT2D eigenvalue weighted by atomic mass is 16.4. The molecule has 0 saturated carbocycles. The number of benzene rings is 3. The van der Waals surface area contributed by atoms with E-state index in [2.05, 4.69) is 0 Å². The lowest BCUT2D eigenvalue weighted by atomic mass is 10.1. The first-order chi connectivity index (χ1) is 25.1. The summed E-state index contributed by atoms with van der Waals surface area (Å²) in [4.78, 5) is 103. The van der Waals surface area contributed by atoms with Crippen LogP contribution in [-0.4, -0.2) is 160 Å². The fourth-order valence-electron chi connectivity index (χ4n) is 7.05. The maximum absolute atomic E-state index is 13.4. The summed E-state index contributed by atoms with van der Waals surface area (Å²) >= 11 is 0. The molecule has 3 aromatic rings. The van der Waals surface area contributed by atoms with Crippen LogP contribution < -0.4 is 0 Å². The number of carbonyl (C=O) groups is 7. The highest BCUT2D eigenvalue weighted by Crippen LogP contribution is 2.25. The van der Waals surface area contributed by atoms with Crippen molar-refractivity contribution in [3.63, 3.8) is 0 Å². The third-order valence-corrected chi connectivity index (χ3v) is 9.95. The van der Waals surface area contributed by atoms with Crippen molar-refractivity contribution in [1.82, 2.24) is 34.3 Å². The van der Waals surface area contributed by atoms with Gasteiger partial charge in [0, 0.05) is 52.4 Å². The summed E-state index contributed by atoms with van der Waals surface area (Å²) in [6.07, 6.45) is 0. The monoisotopic (exact) mass is 707 g/mol. The van der Waals surface area contributed by atoms with Crippen LogP contribution in [0.25, 0.3) is 0 Å². The number of hydrogen-bond donors (Lipinski definition) is 1. The van der Waals surface area contributed by atoms with Crippen LogP contribution in [0.15, 0.2) is 72.8 Å². The molecule has 0 unspecified atom stereocenters. The maximum atomic E-state index is 13.4. The lowest BCUT2D eigenvalue weighted by Crippen LogP contribution is -2.53. The summed E-state index contributed by atoms with van der Waals surface area (Å²) in [7, 11) is 0. The number of hydrogen-bond acceptors (Lipinski definition) is 11. The third-order valence-electron chi connectivity index (χ3n) is 9.95. The van der Waals surface area contributed by atoms with Crippen molar-refractivity contribution < 1.29 is 38.7 Å². The van der Waals surface area contributed by atoms with Gasteiger partial charge in [-0.1, -0.05) is 36.4 Å². The minimum atomic E-state index is -1.03. The van der Waals surface area contributed by atoms with Crippen LogP contribution in [0.4, 0.5) is 0 Å². The molecule has 0 aliphatic carbocycles. The Morgan fingerprint density at radius 1 is 0.404 bits per heavy atom. The number of imide groups is 3. The average Bonchev–Trinajstić information content (AvgIpc) is 3.64. The van der Waals surface area contributed by atoms with E-state index in [1.54, 1.807) is 77.7 Å². The van der Waals surface area contributed by atoms with Gasteiger partial charge in [0.25, 0.3) is 35.4 Å². The van der Waals surface area contributed by atoms with Crippen LogP contribution in [0.1, 0.15) is 62.1 Å². The molecule has 52 heavy (non-hydrogen) atoms. The van der Waals surface area contributed by atoms with Crippen molar-refractivity contribution in [3.8, 4) is 0 Å². The van der Waals surface area contributed by atoms with Crippen molar-refractivity contribution >= 4 is 41.4 Å². The fourth-order valence-corrected chi connectivity index (χ4v) is 7.05. The number of carboxylic acid groups (broad SMARTS) is 1. The van der Waals surface area contributed by atoms with E-state index in [0.717, 1.165) is 0 Å². The molecule has 4 aliphatic rings. The fraction of sp³-hybridized carbons (Fsp3) is 0.324. The maximum Gasteiger partial charge on any atom is 0.317 e. The minimum absolute atomic E-state index is 0.0417. The van der Waals surface area contributed by atoms with Gasteiger partial charge in [0.1, 0.15) is 0 Å². The summed E-state index contributed by atoms with van der Waals surface area (Å²) in [6.45, 7) is 1.94. The van der Waals surface area contributed by atoms with Crippen LogP contribution >= 0.6 is 0 Å². The Hall–Kier alpha value is -5.61. The number of carbonyl (C=O) groups excluding carboxylic acids is 6. The van der Waals surface area contributed by atoms with Crippen LogP contribution in [0.5, 0.6) is 0 Å². The molecule has 6 amide bonds. The lowest BCUT2D eigenvalue weighted by molar-refractivity contribution is -0.138. The number of rotatable bonds is 8. The largest absolute Gasteiger partial charge is 0.480 e. The van der Waals surface area contributed by atoms with Gasteiger partial charge in [-0.05, 0) is 36.4 Å². The minimum Gasteiger partial charge on any atom is -0.480 e. The lowest BCUT2D eigenvalue weighted by Gasteiger charge is -2.36. The number of fused-ring (bicyclic) bond motifs is 3. The Kier molecular flexibility index (Phi) is 9.75. The standard InChI is InChI=1S/C37H37N7O8/c45-31(46)21-38-13-15-39(22-42-32(47)25-7-1-2-8-26(25)33(42)48)17-19-41(24-44-36(51)29-11-5-6-12-30(29)37(44)52)20-18-40(16-14-38)23-43-34(49)27-9-3-4-10-28(27)35(43)50/h1-12H,13-24H2,(H,45,46). The summed E-state index contributed by atoms with van der Waals surface area (Å²) < 4.78 is 0. The molecule has 3 aromatic carbocycles. The zero-order valence-electron chi connectivity index (χ0n) is 28.3. The molecule has 4 heterocycles. The summed E-state index contributed by atoms with van der Waals surface area (Å²) in [5, 5.41) is 9.73. The molecule has 0 aromatic heterocycles. The molecule has 15 nitrogen and oxygen atoms in total. The van der Waals surface area contributed by atoms with Crippen molar-refractivity contribution in [2.24, 2.45) is 0 Å². The van der Waals surface area contributed by atoms with E-state index in [-0.39, 0.29) is 39.6 Å². The van der Waals surface area contributed by atoms with E-state index in [0.29, 0.717) is 72.6 Å². The normalized spacial score (nSPS) is 19.6. The van der Waals surface area contributed by atoms with E-state index < -0.39 is 41.4 Å². The molecule has 0 spiro atoms. The van der Waals surface area contributed by atoms with Gasteiger partial charge >= 0.3 is 5.97 Å². The smallest absolute Gasteiger partial charge is 0.317 e. The molecule has 268 valence electrons. The van der Waals surface area contributed by atoms with Crippen LogP contribution in [0.3, 0.4) is 0 Å². The van der Waals surface area contributed by atoms with Gasteiger partial charge in [-0.15, -0.1) is 0 Å². The first-order valence-electron chi connectivity index (χ1n) is 17.1. The van der Waals surface area contributed by atoms with Gasteiger partial charge in [0.15, 0.2) is 0 Å². The second-order valence-corrected chi connectivity index (χ2v) is 13.2. The second-order valence-electron chi connectivity index (χ2n) is 13.2. The van der Waals surface area contributed by atoms with E-state index in [1.165, 1.54) is 14.7 Å². The molecule has 1 fully saturated rings. The number of carboxylic acids is 1. The van der Waals surface area contributed by atoms with Gasteiger partial charge in [-0.3, -0.25) is 67.9 Å². The van der Waals surface area contributed by atoms with Gasteiger partial charge < -0.3 is 5.11 Å². The topological polar surface area (TPSA) is 162 Å². The molecular weight excluding hydrogens is 670 g/mol. The van der Waals surface area contributed by atoms with Crippen LogP contribution in [-0.2, 0) is 4.79 Å². The van der Waals surface area contributed by atoms with Crippen molar-refractivity contribution in [2.45, 2.75) is 0 Å². The van der Waals surface area contributed by atoms with Gasteiger partial charge in [-0.25, -0.2) is 0 Å². The SMILES string of the molecule is O=C(O)CN1CCN(CN2C(=O)c3ccccc3C2=O)CCN(CN2C(=O)c3ccccc3C2=O)CCN(CN2C(=O)c3ccccc3C2=O)CC1. The van der Waals surface area contributed by atoms with Crippen LogP contribution in [0, 0.1) is 0 Å². The number of aliphatic carboxylic acids is 1. The predicted molar refractivity (Wildman–Crippen MR) is 184 cm³/mol. The van der Waals surface area contributed by atoms with Gasteiger partial charge in [0.05, 0.1) is 59.9 Å². The highest BCUT2D eigenvalue weighted by Gasteiger charge is 2.39. The molecule has 15 heteroatoms. The van der Waals surface area contributed by atoms with E-state index >= 15 is 0 Å². The molecular formula is C37H37N7O8. The summed E-state index contributed by atoms with van der Waals surface area (Å²) in [6, 6.07) is 19.9. The van der Waals surface area contributed by atoms with Crippen molar-refractivity contribution in [1.29, 1.82) is 0 Å². The molecule has 0 bridgehead atoms. The summed E-state index contributed by atoms with van der Waals surface area (Å²) in [5.41, 5.74) is 1.92. The Balaban J connectivity index is 1.13. The predicted octanol–water partition coefficient (Wildman–Crippen LogP) is 1.05. The Labute approximate surface area is 299 Å². The molecule has 4 aliphatic heterocycles. The third kappa shape index (κ3) is 6.74. The quantitative estimate of drug-likeness (QED) is 0.332. The molecule has 0 radical (unpaired) electrons. The zero-order valence-corrected chi connectivity index (χ0v) is 28.3. The zero-order chi connectivity index (χ0) is 36.5. The number of nitrogens with zero attached hydrogens (tertiary/aromatic N) is 7. The van der Waals surface area contributed by atoms with Crippen molar-refractivity contribution in [2.75, 3.05) is 78.9 Å². The van der Waals surface area contributed by atoms with E-state index in [1.807, 2.05) is 14.7 Å². The van der Waals surface area contributed by atoms with Gasteiger partial charge in [0.2, 0.25) is 0 Å². The molecule has 1 saturated heterocycles. The summed E-state index contributed by atoms with van der Waals surface area (Å²) in [5.74, 6) is -3.52. The van der Waals surface area contributed by atoms with E-state index in [4.69, 9.17) is 0 Å². The highest BCUT2D eigenvalue weighted by molar-refractivity contribution is 6.22. The number of amides is 6. The Morgan fingerprint density at radius 2 is 0.615 bits per heavy atom. The Bertz CT molecular complexity index is 1790. The molecule has 7 rings (SSSR count). The average molecular weight is 708 g/mol. The van der Waals surface area contributed by atoms with E-state index in [9.17, 15) is 38.7 Å². The van der Waals surface area contributed by atoms with Crippen LogP contribution in [0.2, 0.25) is 0 Å². The molecule has 0 atom stereocenters. The van der Waals surface area contributed by atoms with Gasteiger partial charge in [-0.2, -0.15) is 0 Å². The first kappa shape index (κ1) is 34.8. The first-order valence-corrected chi connectivity index (χ1v) is 17.1. The Morgan fingerprint density at radius 3 is 0.827 bits per heavy atom. The second kappa shape index (κ2) is 14.6. The van der Waals surface area contributed by atoms with Crippen molar-refractivity contribution in [3.05, 3.63) is 106 Å².